The minimum Gasteiger partial charge on any atom is -0.459 e. The van der Waals surface area contributed by atoms with Gasteiger partial charge in [0.15, 0.2) is 0 Å². The predicted molar refractivity (Wildman–Crippen MR) is 117 cm³/mol. The van der Waals surface area contributed by atoms with Crippen molar-refractivity contribution in [2.75, 3.05) is 12.8 Å². The second-order valence-corrected chi connectivity index (χ2v) is 9.74. The number of carbonyl (C=O) groups excluding carboxylic acids is 3. The van der Waals surface area contributed by atoms with Crippen LogP contribution in [0.15, 0.2) is 55.6 Å². The van der Waals surface area contributed by atoms with Crippen molar-refractivity contribution in [3.05, 3.63) is 61.2 Å². The van der Waals surface area contributed by atoms with Crippen molar-refractivity contribution in [3.63, 3.8) is 0 Å². The smallest absolute Gasteiger partial charge is 0.345 e. The van der Waals surface area contributed by atoms with Crippen LogP contribution in [-0.2, 0) is 29.1 Å². The number of sulfonamides is 1. The van der Waals surface area contributed by atoms with Crippen LogP contribution in [-0.4, -0.2) is 55.1 Å². The Hall–Kier alpha value is -2.78. The molecule has 2 unspecified atom stereocenters. The molecule has 9 heteroatoms. The van der Waals surface area contributed by atoms with E-state index in [1.807, 2.05) is 0 Å². The maximum Gasteiger partial charge on any atom is 0.345 e. The first kappa shape index (κ1) is 26.3. The summed E-state index contributed by atoms with van der Waals surface area (Å²) < 4.78 is 36.0. The van der Waals surface area contributed by atoms with Gasteiger partial charge in [0.25, 0.3) is 0 Å². The van der Waals surface area contributed by atoms with Gasteiger partial charge in [-0.15, -0.1) is 13.2 Å². The summed E-state index contributed by atoms with van der Waals surface area (Å²) in [6.45, 7) is 11.7. The summed E-state index contributed by atoms with van der Waals surface area (Å²) in [6, 6.07) is 6.23. The summed E-state index contributed by atoms with van der Waals surface area (Å²) in [5, 5.41) is 0. The van der Waals surface area contributed by atoms with Crippen molar-refractivity contribution in [1.82, 2.24) is 4.31 Å². The minimum absolute atomic E-state index is 0.131. The van der Waals surface area contributed by atoms with Crippen molar-refractivity contribution >= 4 is 27.9 Å². The summed E-state index contributed by atoms with van der Waals surface area (Å²) in [4.78, 5) is 38.3. The Bertz CT molecular complexity index is 917. The van der Waals surface area contributed by atoms with E-state index in [9.17, 15) is 22.8 Å². The van der Waals surface area contributed by atoms with Gasteiger partial charge in [-0.25, -0.2) is 13.2 Å². The summed E-state index contributed by atoms with van der Waals surface area (Å²) in [5.74, 6) is -4.30. The molecule has 0 aliphatic carbocycles. The molecule has 0 saturated carbocycles. The lowest BCUT2D eigenvalue weighted by Crippen LogP contribution is -2.53. The maximum atomic E-state index is 13.0. The standard InChI is InChI=1S/C22H29NO7S/c1-7-12-17(20(25)29-19(24)16-13-10-9-11-14-16)18(21(26)30-22(3,4)5)23(15-8-2)31(6,27)28/h7-11,13-14,17-18H,1-2,12,15H2,3-6H3. The fourth-order valence-corrected chi connectivity index (χ4v) is 3.78. The Labute approximate surface area is 183 Å². The molecule has 0 aliphatic heterocycles. The highest BCUT2D eigenvalue weighted by Gasteiger charge is 2.44. The number of carbonyl (C=O) groups is 3. The first-order valence-electron chi connectivity index (χ1n) is 9.54. The molecule has 0 radical (unpaired) electrons. The molecule has 0 bridgehead atoms. The van der Waals surface area contributed by atoms with Crippen LogP contribution in [0, 0.1) is 5.92 Å². The Morgan fingerprint density at radius 2 is 1.65 bits per heavy atom. The van der Waals surface area contributed by atoms with E-state index in [0.29, 0.717) is 0 Å². The third-order valence-corrected chi connectivity index (χ3v) is 5.23. The first-order chi connectivity index (χ1) is 14.3. The fourth-order valence-electron chi connectivity index (χ4n) is 2.76. The molecule has 2 atom stereocenters. The zero-order chi connectivity index (χ0) is 23.8. The lowest BCUT2D eigenvalue weighted by Gasteiger charge is -2.33. The molecule has 0 amide bonds. The Morgan fingerprint density at radius 3 is 2.10 bits per heavy atom. The molecule has 31 heavy (non-hydrogen) atoms. The van der Waals surface area contributed by atoms with E-state index in [1.165, 1.54) is 24.3 Å². The molecule has 1 aromatic rings. The maximum absolute atomic E-state index is 13.0. The van der Waals surface area contributed by atoms with Crippen molar-refractivity contribution in [2.24, 2.45) is 5.92 Å². The molecule has 0 fully saturated rings. The van der Waals surface area contributed by atoms with Gasteiger partial charge in [-0.05, 0) is 39.3 Å². The number of allylic oxidation sites excluding steroid dienone is 1. The molecule has 170 valence electrons. The monoisotopic (exact) mass is 451 g/mol. The van der Waals surface area contributed by atoms with Crippen LogP contribution in [0.3, 0.4) is 0 Å². The van der Waals surface area contributed by atoms with E-state index in [2.05, 4.69) is 13.2 Å². The van der Waals surface area contributed by atoms with Gasteiger partial charge in [-0.3, -0.25) is 9.59 Å². The number of esters is 3. The summed E-state index contributed by atoms with van der Waals surface area (Å²) in [7, 11) is -3.97. The minimum atomic E-state index is -3.97. The van der Waals surface area contributed by atoms with Crippen molar-refractivity contribution in [1.29, 1.82) is 0 Å². The molecule has 8 nitrogen and oxygen atoms in total. The predicted octanol–water partition coefficient (Wildman–Crippen LogP) is 2.72. The van der Waals surface area contributed by atoms with Gasteiger partial charge >= 0.3 is 17.9 Å². The number of benzene rings is 1. The van der Waals surface area contributed by atoms with E-state index < -0.39 is 45.5 Å². The quantitative estimate of drug-likeness (QED) is 0.306. The largest absolute Gasteiger partial charge is 0.459 e. The second-order valence-electron chi connectivity index (χ2n) is 7.81. The first-order valence-corrected chi connectivity index (χ1v) is 11.4. The van der Waals surface area contributed by atoms with E-state index in [1.54, 1.807) is 39.0 Å². The molecule has 0 heterocycles. The number of nitrogens with zero attached hydrogens (tertiary/aromatic N) is 1. The van der Waals surface area contributed by atoms with Gasteiger partial charge in [0.1, 0.15) is 11.6 Å². The molecule has 0 saturated heterocycles. The van der Waals surface area contributed by atoms with E-state index in [-0.39, 0.29) is 18.5 Å². The zero-order valence-corrected chi connectivity index (χ0v) is 19.1. The van der Waals surface area contributed by atoms with Gasteiger partial charge in [0, 0.05) is 6.54 Å². The zero-order valence-electron chi connectivity index (χ0n) is 18.2. The molecular formula is C22H29NO7S. The van der Waals surface area contributed by atoms with Crippen LogP contribution in [0.1, 0.15) is 37.6 Å². The van der Waals surface area contributed by atoms with Gasteiger partial charge in [-0.1, -0.05) is 30.4 Å². The van der Waals surface area contributed by atoms with Gasteiger partial charge in [-0.2, -0.15) is 4.31 Å². The average Bonchev–Trinajstić information content (AvgIpc) is 2.65. The molecule has 1 aromatic carbocycles. The van der Waals surface area contributed by atoms with E-state index >= 15 is 0 Å². The number of rotatable bonds is 10. The second kappa shape index (κ2) is 11.0. The van der Waals surface area contributed by atoms with E-state index in [4.69, 9.17) is 9.47 Å². The Kier molecular flexibility index (Phi) is 9.33. The number of ether oxygens (including phenoxy) is 2. The SMILES string of the molecule is C=CCC(C(=O)OC(=O)c1ccccc1)C(C(=O)OC(C)(C)C)N(CC=C)S(C)(=O)=O. The topological polar surface area (TPSA) is 107 Å². The van der Waals surface area contributed by atoms with Crippen molar-refractivity contribution in [3.8, 4) is 0 Å². The average molecular weight is 452 g/mol. The Morgan fingerprint density at radius 1 is 1.06 bits per heavy atom. The van der Waals surface area contributed by atoms with Crippen LogP contribution in [0.2, 0.25) is 0 Å². The van der Waals surface area contributed by atoms with Crippen LogP contribution < -0.4 is 0 Å². The van der Waals surface area contributed by atoms with Crippen LogP contribution in [0.25, 0.3) is 0 Å². The highest BCUT2D eigenvalue weighted by atomic mass is 32.2. The molecular weight excluding hydrogens is 422 g/mol. The third-order valence-electron chi connectivity index (χ3n) is 4.00. The van der Waals surface area contributed by atoms with Gasteiger partial charge < -0.3 is 9.47 Å². The van der Waals surface area contributed by atoms with Gasteiger partial charge in [0.2, 0.25) is 10.0 Å². The number of hydrogen-bond acceptors (Lipinski definition) is 7. The van der Waals surface area contributed by atoms with E-state index in [0.717, 1.165) is 10.6 Å². The molecule has 0 N–H and O–H groups in total. The highest BCUT2D eigenvalue weighted by molar-refractivity contribution is 7.88. The normalized spacial score (nSPS) is 13.7. The summed E-state index contributed by atoms with van der Waals surface area (Å²) >= 11 is 0. The molecule has 1 rings (SSSR count). The molecule has 0 aliphatic rings. The van der Waals surface area contributed by atoms with Crippen molar-refractivity contribution < 1.29 is 32.3 Å². The van der Waals surface area contributed by atoms with Gasteiger partial charge in [0.05, 0.1) is 17.7 Å². The van der Waals surface area contributed by atoms with Crippen LogP contribution in [0.4, 0.5) is 0 Å². The van der Waals surface area contributed by atoms with Crippen LogP contribution in [0.5, 0.6) is 0 Å². The number of hydrogen-bond donors (Lipinski definition) is 0. The van der Waals surface area contributed by atoms with Crippen LogP contribution >= 0.6 is 0 Å². The lowest BCUT2D eigenvalue weighted by atomic mass is 9.95. The Balaban J connectivity index is 3.40. The molecule has 0 aromatic heterocycles. The fraction of sp³-hybridized carbons (Fsp3) is 0.409. The lowest BCUT2D eigenvalue weighted by molar-refractivity contribution is -0.166. The summed E-state index contributed by atoms with van der Waals surface area (Å²) in [5.41, 5.74) is -0.817. The van der Waals surface area contributed by atoms with Crippen molar-refractivity contribution in [2.45, 2.75) is 38.8 Å². The highest BCUT2D eigenvalue weighted by Crippen LogP contribution is 2.24. The summed E-state index contributed by atoms with van der Waals surface area (Å²) in [6.07, 6.45) is 3.39. The molecule has 0 spiro atoms. The third kappa shape index (κ3) is 8.10.